The highest BCUT2D eigenvalue weighted by Gasteiger charge is 2.33. The topological polar surface area (TPSA) is 40.6 Å². The van der Waals surface area contributed by atoms with Crippen molar-refractivity contribution in [1.29, 1.82) is 0 Å². The van der Waals surface area contributed by atoms with E-state index < -0.39 is 0 Å². The molecule has 1 heterocycles. The molecule has 0 bridgehead atoms. The monoisotopic (exact) mass is 470 g/mol. The van der Waals surface area contributed by atoms with E-state index in [2.05, 4.69) is 11.8 Å². The summed E-state index contributed by atoms with van der Waals surface area (Å²) in [5.74, 6) is 0.102. The van der Waals surface area contributed by atoms with Gasteiger partial charge in [0, 0.05) is 55.1 Å². The molecular weight excluding hydrogens is 439 g/mol. The molecular formula is C27H32ClFN2O2. The third kappa shape index (κ3) is 5.64. The molecule has 1 saturated carbocycles. The van der Waals surface area contributed by atoms with Crippen LogP contribution in [0.4, 0.5) is 4.39 Å². The summed E-state index contributed by atoms with van der Waals surface area (Å²) < 4.78 is 14.5. The second-order valence-electron chi connectivity index (χ2n) is 9.56. The fraction of sp³-hybridized carbons (Fsp3) is 0.481. The lowest BCUT2D eigenvalue weighted by Gasteiger charge is -2.41. The molecule has 0 spiro atoms. The number of hydrogen-bond donors (Lipinski definition) is 0. The Balaban J connectivity index is 1.43. The molecule has 2 aliphatic rings. The molecule has 2 aromatic carbocycles. The van der Waals surface area contributed by atoms with E-state index in [0.29, 0.717) is 35.1 Å². The average molecular weight is 471 g/mol. The number of hydrogen-bond acceptors (Lipinski definition) is 3. The van der Waals surface area contributed by atoms with Gasteiger partial charge in [-0.3, -0.25) is 14.5 Å². The summed E-state index contributed by atoms with van der Waals surface area (Å²) >= 11 is 6.02. The Morgan fingerprint density at radius 3 is 2.52 bits per heavy atom. The van der Waals surface area contributed by atoms with Crippen LogP contribution in [0.3, 0.4) is 0 Å². The van der Waals surface area contributed by atoms with Crippen molar-refractivity contribution < 1.29 is 14.0 Å². The van der Waals surface area contributed by atoms with Gasteiger partial charge in [0.05, 0.1) is 0 Å². The van der Waals surface area contributed by atoms with Gasteiger partial charge in [-0.25, -0.2) is 4.39 Å². The predicted octanol–water partition coefficient (Wildman–Crippen LogP) is 5.44. The molecule has 176 valence electrons. The minimum atomic E-state index is -0.326. The van der Waals surface area contributed by atoms with Crippen LogP contribution in [0.2, 0.25) is 5.02 Å². The third-order valence-electron chi connectivity index (χ3n) is 7.18. The van der Waals surface area contributed by atoms with Crippen LogP contribution in [-0.2, 0) is 17.8 Å². The number of carbonyl (C=O) groups is 2. The van der Waals surface area contributed by atoms with E-state index >= 15 is 0 Å². The molecule has 0 N–H and O–H groups in total. The fourth-order valence-electron chi connectivity index (χ4n) is 5.23. The number of carbonyl (C=O) groups excluding carboxylic acids is 2. The van der Waals surface area contributed by atoms with Gasteiger partial charge in [0.2, 0.25) is 5.91 Å². The second-order valence-corrected chi connectivity index (χ2v) is 9.99. The Morgan fingerprint density at radius 1 is 1.09 bits per heavy atom. The molecule has 0 aromatic heterocycles. The minimum absolute atomic E-state index is 0.0789. The number of Topliss-reactive ketones (excluding diaryl/α,β-unsaturated/α-hetero) is 1. The van der Waals surface area contributed by atoms with E-state index in [0.717, 1.165) is 49.9 Å². The van der Waals surface area contributed by atoms with E-state index in [-0.39, 0.29) is 30.0 Å². The van der Waals surface area contributed by atoms with E-state index in [1.807, 2.05) is 11.8 Å². The van der Waals surface area contributed by atoms with Crippen LogP contribution in [0, 0.1) is 18.7 Å². The molecule has 1 amide bonds. The molecule has 0 unspecified atom stereocenters. The number of amides is 1. The van der Waals surface area contributed by atoms with Crippen LogP contribution in [-0.4, -0.2) is 47.2 Å². The lowest BCUT2D eigenvalue weighted by Crippen LogP contribution is -2.54. The van der Waals surface area contributed by atoms with Crippen molar-refractivity contribution in [3.63, 3.8) is 0 Å². The first-order valence-corrected chi connectivity index (χ1v) is 12.3. The first-order valence-electron chi connectivity index (χ1n) is 11.9. The summed E-state index contributed by atoms with van der Waals surface area (Å²) in [5.41, 5.74) is 3.08. The number of rotatable bonds is 6. The summed E-state index contributed by atoms with van der Waals surface area (Å²) in [6.45, 7) is 6.93. The van der Waals surface area contributed by atoms with Crippen LogP contribution in [0.25, 0.3) is 0 Å². The summed E-state index contributed by atoms with van der Waals surface area (Å²) in [5, 5.41) is 0.511. The molecule has 2 fully saturated rings. The third-order valence-corrected chi connectivity index (χ3v) is 7.41. The average Bonchev–Trinajstić information content (AvgIpc) is 3.31. The number of piperazine rings is 1. The first-order chi connectivity index (χ1) is 15.8. The van der Waals surface area contributed by atoms with Crippen LogP contribution >= 0.6 is 11.6 Å². The zero-order valence-electron chi connectivity index (χ0n) is 19.4. The minimum Gasteiger partial charge on any atom is -0.337 e. The second kappa shape index (κ2) is 10.4. The molecule has 0 radical (unpaired) electrons. The molecule has 6 heteroatoms. The summed E-state index contributed by atoms with van der Waals surface area (Å²) in [6, 6.07) is 10.0. The molecule has 33 heavy (non-hydrogen) atoms. The van der Waals surface area contributed by atoms with Crippen LogP contribution in [0.5, 0.6) is 0 Å². The van der Waals surface area contributed by atoms with Crippen molar-refractivity contribution in [3.05, 3.63) is 69.5 Å². The summed E-state index contributed by atoms with van der Waals surface area (Å²) in [6.07, 6.45) is 4.49. The van der Waals surface area contributed by atoms with Crippen LogP contribution < -0.4 is 0 Å². The van der Waals surface area contributed by atoms with Gasteiger partial charge in [0.25, 0.3) is 0 Å². The number of ketones is 1. The van der Waals surface area contributed by atoms with Gasteiger partial charge < -0.3 is 4.90 Å². The molecule has 4 nitrogen and oxygen atoms in total. The van der Waals surface area contributed by atoms with Gasteiger partial charge in [-0.15, -0.1) is 0 Å². The Kier molecular flexibility index (Phi) is 7.50. The van der Waals surface area contributed by atoms with Crippen molar-refractivity contribution in [2.24, 2.45) is 5.92 Å². The number of halogens is 2. The Hall–Kier alpha value is -2.24. The molecule has 1 aliphatic carbocycles. The Morgan fingerprint density at radius 2 is 1.82 bits per heavy atom. The molecule has 1 atom stereocenters. The van der Waals surface area contributed by atoms with Gasteiger partial charge in [-0.1, -0.05) is 36.6 Å². The van der Waals surface area contributed by atoms with E-state index in [1.165, 1.54) is 6.07 Å². The highest BCUT2D eigenvalue weighted by molar-refractivity contribution is 6.31. The van der Waals surface area contributed by atoms with Crippen molar-refractivity contribution in [3.8, 4) is 0 Å². The standard InChI is InChI=1S/C27H32ClFN2O2/c1-18-16-30(10-11-31(18)27(33)20-6-3-4-7-20)17-23-14-25(29)13-22(19(23)2)15-26(32)21-8-5-9-24(28)12-21/h5,8-9,12-14,18,20H,3-4,6-7,10-11,15-17H2,1-2H3/t18-/m0/s1. The van der Waals surface area contributed by atoms with Gasteiger partial charge >= 0.3 is 0 Å². The summed E-state index contributed by atoms with van der Waals surface area (Å²) in [4.78, 5) is 30.0. The molecule has 4 rings (SSSR count). The van der Waals surface area contributed by atoms with Gasteiger partial charge in [-0.05, 0) is 67.6 Å². The van der Waals surface area contributed by atoms with E-state index in [1.54, 1.807) is 30.3 Å². The first kappa shape index (κ1) is 23.9. The largest absolute Gasteiger partial charge is 0.337 e. The van der Waals surface area contributed by atoms with Crippen molar-refractivity contribution in [2.45, 2.75) is 58.5 Å². The zero-order chi connectivity index (χ0) is 23.5. The smallest absolute Gasteiger partial charge is 0.226 e. The van der Waals surface area contributed by atoms with E-state index in [9.17, 15) is 14.0 Å². The van der Waals surface area contributed by atoms with Crippen LogP contribution in [0.1, 0.15) is 59.7 Å². The van der Waals surface area contributed by atoms with Gasteiger partial charge in [-0.2, -0.15) is 0 Å². The van der Waals surface area contributed by atoms with Gasteiger partial charge in [0.15, 0.2) is 5.78 Å². The lowest BCUT2D eigenvalue weighted by molar-refractivity contribution is -0.140. The fourth-order valence-corrected chi connectivity index (χ4v) is 5.42. The Labute approximate surface area is 200 Å². The van der Waals surface area contributed by atoms with E-state index in [4.69, 9.17) is 11.6 Å². The Bertz CT molecular complexity index is 1030. The van der Waals surface area contributed by atoms with Gasteiger partial charge in [0.1, 0.15) is 5.82 Å². The SMILES string of the molecule is Cc1c(CC(=O)c2cccc(Cl)c2)cc(F)cc1CN1CCN(C(=O)C2CCCC2)[C@@H](C)C1. The highest BCUT2D eigenvalue weighted by Crippen LogP contribution is 2.28. The van der Waals surface area contributed by atoms with Crippen molar-refractivity contribution in [2.75, 3.05) is 19.6 Å². The van der Waals surface area contributed by atoms with Crippen LogP contribution in [0.15, 0.2) is 36.4 Å². The summed E-state index contributed by atoms with van der Waals surface area (Å²) in [7, 11) is 0. The maximum Gasteiger partial charge on any atom is 0.226 e. The molecule has 1 saturated heterocycles. The number of benzene rings is 2. The lowest BCUT2D eigenvalue weighted by atomic mass is 9.95. The number of nitrogens with zero attached hydrogens (tertiary/aromatic N) is 2. The zero-order valence-corrected chi connectivity index (χ0v) is 20.2. The van der Waals surface area contributed by atoms with Crippen molar-refractivity contribution >= 4 is 23.3 Å². The van der Waals surface area contributed by atoms with Crippen molar-refractivity contribution in [1.82, 2.24) is 9.80 Å². The normalized spacial score (nSPS) is 19.8. The molecule has 1 aliphatic heterocycles. The molecule has 2 aromatic rings. The predicted molar refractivity (Wildman–Crippen MR) is 129 cm³/mol. The maximum absolute atomic E-state index is 14.5. The maximum atomic E-state index is 14.5. The highest BCUT2D eigenvalue weighted by atomic mass is 35.5. The quantitative estimate of drug-likeness (QED) is 0.528.